The molecule has 1 aromatic heterocycles. The molecule has 0 radical (unpaired) electrons. The SMILES string of the molecule is CC(C)(C)OC(=O)N1CCC(O)C(c2ccccn2)C1. The van der Waals surface area contributed by atoms with E-state index in [1.807, 2.05) is 39.0 Å². The Morgan fingerprint density at radius 1 is 1.45 bits per heavy atom. The molecule has 5 nitrogen and oxygen atoms in total. The van der Waals surface area contributed by atoms with Crippen LogP contribution in [0.5, 0.6) is 0 Å². The number of aliphatic hydroxyl groups is 1. The lowest BCUT2D eigenvalue weighted by molar-refractivity contribution is 0.00367. The second kappa shape index (κ2) is 5.79. The van der Waals surface area contributed by atoms with Crippen LogP contribution in [0.3, 0.4) is 0 Å². The van der Waals surface area contributed by atoms with Gasteiger partial charge in [0.05, 0.1) is 6.10 Å². The summed E-state index contributed by atoms with van der Waals surface area (Å²) in [6.45, 7) is 6.49. The van der Waals surface area contributed by atoms with Crippen LogP contribution in [0.4, 0.5) is 4.79 Å². The summed E-state index contributed by atoms with van der Waals surface area (Å²) in [6.07, 6.45) is 1.45. The lowest BCUT2D eigenvalue weighted by Gasteiger charge is -2.36. The molecule has 0 bridgehead atoms. The van der Waals surface area contributed by atoms with Crippen molar-refractivity contribution in [3.8, 4) is 0 Å². The van der Waals surface area contributed by atoms with Gasteiger partial charge in [-0.3, -0.25) is 4.98 Å². The lowest BCUT2D eigenvalue weighted by Crippen LogP contribution is -2.46. The number of aliphatic hydroxyl groups excluding tert-OH is 1. The molecular weight excluding hydrogens is 256 g/mol. The van der Waals surface area contributed by atoms with Crippen LogP contribution in [-0.4, -0.2) is 45.9 Å². The average Bonchev–Trinajstić information content (AvgIpc) is 2.38. The van der Waals surface area contributed by atoms with Crippen molar-refractivity contribution < 1.29 is 14.6 Å². The molecular formula is C15H22N2O3. The number of piperidine rings is 1. The van der Waals surface area contributed by atoms with E-state index in [9.17, 15) is 9.90 Å². The van der Waals surface area contributed by atoms with E-state index >= 15 is 0 Å². The molecule has 2 atom stereocenters. The fourth-order valence-corrected chi connectivity index (χ4v) is 2.32. The lowest BCUT2D eigenvalue weighted by atomic mass is 9.91. The van der Waals surface area contributed by atoms with E-state index in [-0.39, 0.29) is 12.0 Å². The fraction of sp³-hybridized carbons (Fsp3) is 0.600. The standard InChI is InChI=1S/C15H22N2O3/c1-15(2,3)20-14(19)17-9-7-13(18)11(10-17)12-6-4-5-8-16-12/h4-6,8,11,13,18H,7,9-10H2,1-3H3. The quantitative estimate of drug-likeness (QED) is 0.855. The molecule has 0 aliphatic carbocycles. The highest BCUT2D eigenvalue weighted by atomic mass is 16.6. The van der Waals surface area contributed by atoms with Crippen molar-refractivity contribution in [1.82, 2.24) is 9.88 Å². The van der Waals surface area contributed by atoms with Crippen LogP contribution in [-0.2, 0) is 4.74 Å². The van der Waals surface area contributed by atoms with Gasteiger partial charge in [0.15, 0.2) is 0 Å². The van der Waals surface area contributed by atoms with Gasteiger partial charge in [0.2, 0.25) is 0 Å². The zero-order valence-electron chi connectivity index (χ0n) is 12.2. The first-order valence-corrected chi connectivity index (χ1v) is 6.94. The highest BCUT2D eigenvalue weighted by molar-refractivity contribution is 5.68. The van der Waals surface area contributed by atoms with Crippen molar-refractivity contribution in [2.45, 2.75) is 44.8 Å². The topological polar surface area (TPSA) is 62.7 Å². The van der Waals surface area contributed by atoms with Crippen LogP contribution < -0.4 is 0 Å². The minimum Gasteiger partial charge on any atom is -0.444 e. The number of hydrogen-bond donors (Lipinski definition) is 1. The number of aromatic nitrogens is 1. The first-order chi connectivity index (χ1) is 9.37. The minimum atomic E-state index is -0.506. The van der Waals surface area contributed by atoms with Gasteiger partial charge in [-0.2, -0.15) is 0 Å². The number of pyridine rings is 1. The van der Waals surface area contributed by atoms with Crippen molar-refractivity contribution in [3.05, 3.63) is 30.1 Å². The molecule has 20 heavy (non-hydrogen) atoms. The molecule has 1 aromatic rings. The summed E-state index contributed by atoms with van der Waals surface area (Å²) in [7, 11) is 0. The van der Waals surface area contributed by atoms with Gasteiger partial charge in [-0.05, 0) is 39.3 Å². The maximum absolute atomic E-state index is 12.1. The third-order valence-electron chi connectivity index (χ3n) is 3.30. The highest BCUT2D eigenvalue weighted by Crippen LogP contribution is 2.26. The fourth-order valence-electron chi connectivity index (χ4n) is 2.32. The number of amides is 1. The van der Waals surface area contributed by atoms with E-state index in [0.717, 1.165) is 5.69 Å². The third kappa shape index (κ3) is 3.70. The number of likely N-dealkylation sites (tertiary alicyclic amines) is 1. The predicted molar refractivity (Wildman–Crippen MR) is 75.4 cm³/mol. The smallest absolute Gasteiger partial charge is 0.410 e. The Morgan fingerprint density at radius 3 is 2.80 bits per heavy atom. The Bertz CT molecular complexity index is 456. The van der Waals surface area contributed by atoms with E-state index in [2.05, 4.69) is 4.98 Å². The van der Waals surface area contributed by atoms with E-state index in [1.54, 1.807) is 11.1 Å². The zero-order valence-corrected chi connectivity index (χ0v) is 12.2. The Labute approximate surface area is 119 Å². The number of hydrogen-bond acceptors (Lipinski definition) is 4. The third-order valence-corrected chi connectivity index (χ3v) is 3.30. The molecule has 2 unspecified atom stereocenters. The van der Waals surface area contributed by atoms with E-state index in [1.165, 1.54) is 0 Å². The molecule has 1 fully saturated rings. The molecule has 1 amide bonds. The maximum Gasteiger partial charge on any atom is 0.410 e. The largest absolute Gasteiger partial charge is 0.444 e. The van der Waals surface area contributed by atoms with Crippen molar-refractivity contribution >= 4 is 6.09 Å². The van der Waals surface area contributed by atoms with Gasteiger partial charge in [-0.1, -0.05) is 6.07 Å². The normalized spacial score (nSPS) is 23.5. The molecule has 2 rings (SSSR count). The Hall–Kier alpha value is -1.62. The molecule has 1 aliphatic heterocycles. The summed E-state index contributed by atoms with van der Waals surface area (Å²) >= 11 is 0. The van der Waals surface area contributed by atoms with Gasteiger partial charge in [-0.15, -0.1) is 0 Å². The molecule has 1 N–H and O–H groups in total. The van der Waals surface area contributed by atoms with Crippen LogP contribution in [0.2, 0.25) is 0 Å². The Balaban J connectivity index is 2.07. The first kappa shape index (κ1) is 14.8. The summed E-state index contributed by atoms with van der Waals surface area (Å²) in [5, 5.41) is 10.1. The molecule has 1 aliphatic rings. The summed E-state index contributed by atoms with van der Waals surface area (Å²) in [6, 6.07) is 5.61. The van der Waals surface area contributed by atoms with Crippen LogP contribution in [0.1, 0.15) is 38.8 Å². The van der Waals surface area contributed by atoms with Crippen molar-refractivity contribution in [2.75, 3.05) is 13.1 Å². The molecule has 0 spiro atoms. The second-order valence-corrected chi connectivity index (χ2v) is 6.14. The van der Waals surface area contributed by atoms with Gasteiger partial charge in [0.1, 0.15) is 5.60 Å². The minimum absolute atomic E-state index is 0.155. The molecule has 0 aromatic carbocycles. The summed E-state index contributed by atoms with van der Waals surface area (Å²) in [5.41, 5.74) is 0.307. The summed E-state index contributed by atoms with van der Waals surface area (Å²) < 4.78 is 5.38. The summed E-state index contributed by atoms with van der Waals surface area (Å²) in [5.74, 6) is -0.155. The Morgan fingerprint density at radius 2 is 2.20 bits per heavy atom. The van der Waals surface area contributed by atoms with E-state index in [0.29, 0.717) is 19.5 Å². The number of carbonyl (C=O) groups is 1. The van der Waals surface area contributed by atoms with E-state index < -0.39 is 11.7 Å². The number of nitrogens with zero attached hydrogens (tertiary/aromatic N) is 2. The maximum atomic E-state index is 12.1. The van der Waals surface area contributed by atoms with Crippen molar-refractivity contribution in [1.29, 1.82) is 0 Å². The van der Waals surface area contributed by atoms with Gasteiger partial charge in [-0.25, -0.2) is 4.79 Å². The van der Waals surface area contributed by atoms with Gasteiger partial charge in [0.25, 0.3) is 0 Å². The van der Waals surface area contributed by atoms with Crippen LogP contribution in [0, 0.1) is 0 Å². The zero-order chi connectivity index (χ0) is 14.8. The van der Waals surface area contributed by atoms with E-state index in [4.69, 9.17) is 4.74 Å². The van der Waals surface area contributed by atoms with Crippen LogP contribution in [0.25, 0.3) is 0 Å². The second-order valence-electron chi connectivity index (χ2n) is 6.14. The summed E-state index contributed by atoms with van der Waals surface area (Å²) in [4.78, 5) is 18.0. The number of ether oxygens (including phenoxy) is 1. The number of carbonyl (C=O) groups excluding carboxylic acids is 1. The molecule has 1 saturated heterocycles. The molecule has 0 saturated carbocycles. The van der Waals surface area contributed by atoms with Gasteiger partial charge in [0, 0.05) is 30.9 Å². The van der Waals surface area contributed by atoms with Crippen LogP contribution in [0.15, 0.2) is 24.4 Å². The van der Waals surface area contributed by atoms with Crippen molar-refractivity contribution in [2.24, 2.45) is 0 Å². The predicted octanol–water partition coefficient (Wildman–Crippen LogP) is 2.17. The average molecular weight is 278 g/mol. The number of rotatable bonds is 1. The Kier molecular flexibility index (Phi) is 4.28. The van der Waals surface area contributed by atoms with Crippen LogP contribution >= 0.6 is 0 Å². The van der Waals surface area contributed by atoms with Crippen molar-refractivity contribution in [3.63, 3.8) is 0 Å². The highest BCUT2D eigenvalue weighted by Gasteiger charge is 2.33. The van der Waals surface area contributed by atoms with Gasteiger partial charge < -0.3 is 14.7 Å². The molecule has 110 valence electrons. The van der Waals surface area contributed by atoms with Gasteiger partial charge >= 0.3 is 6.09 Å². The molecule has 2 heterocycles. The molecule has 5 heteroatoms. The monoisotopic (exact) mass is 278 g/mol. The first-order valence-electron chi connectivity index (χ1n) is 6.94.